The molecular formula is C19H23FN4O2S. The SMILES string of the molecule is Cc1cc(CN2CCN(C(=O)NC3CCSc4ccc(F)cc43)CC2)on1. The Morgan fingerprint density at radius 2 is 2.15 bits per heavy atom. The molecule has 2 aliphatic rings. The van der Waals surface area contributed by atoms with E-state index in [0.29, 0.717) is 19.6 Å². The first-order valence-corrected chi connectivity index (χ1v) is 10.2. The molecule has 2 aromatic rings. The van der Waals surface area contributed by atoms with Crippen molar-refractivity contribution in [1.82, 2.24) is 20.3 Å². The molecule has 6 nitrogen and oxygen atoms in total. The molecule has 1 aromatic carbocycles. The van der Waals surface area contributed by atoms with E-state index in [1.165, 1.54) is 6.07 Å². The summed E-state index contributed by atoms with van der Waals surface area (Å²) in [5.74, 6) is 1.52. The monoisotopic (exact) mass is 390 g/mol. The number of carbonyl (C=O) groups is 1. The normalized spacial score (nSPS) is 20.4. The van der Waals surface area contributed by atoms with Crippen LogP contribution in [0.2, 0.25) is 0 Å². The molecule has 0 saturated carbocycles. The zero-order valence-corrected chi connectivity index (χ0v) is 16.1. The number of benzene rings is 1. The van der Waals surface area contributed by atoms with Gasteiger partial charge in [-0.1, -0.05) is 5.16 Å². The van der Waals surface area contributed by atoms with E-state index < -0.39 is 0 Å². The second-order valence-corrected chi connectivity index (χ2v) is 8.16. The predicted octanol–water partition coefficient (Wildman–Crippen LogP) is 3.19. The minimum atomic E-state index is -0.258. The van der Waals surface area contributed by atoms with Crippen molar-refractivity contribution in [3.05, 3.63) is 47.1 Å². The number of thioether (sulfide) groups is 1. The zero-order chi connectivity index (χ0) is 18.8. The summed E-state index contributed by atoms with van der Waals surface area (Å²) in [5, 5.41) is 7.01. The van der Waals surface area contributed by atoms with Crippen molar-refractivity contribution in [2.75, 3.05) is 31.9 Å². The zero-order valence-electron chi connectivity index (χ0n) is 15.3. The second kappa shape index (κ2) is 7.90. The standard InChI is InChI=1S/C19H23FN4O2S/c1-13-10-15(26-22-13)12-23-5-7-24(8-6-23)19(25)21-17-4-9-27-18-3-2-14(20)11-16(17)18/h2-3,10-11,17H,4-9,12H2,1H3,(H,21,25). The van der Waals surface area contributed by atoms with E-state index in [9.17, 15) is 9.18 Å². The van der Waals surface area contributed by atoms with Crippen molar-refractivity contribution in [3.63, 3.8) is 0 Å². The minimum absolute atomic E-state index is 0.0720. The fourth-order valence-electron chi connectivity index (χ4n) is 3.58. The van der Waals surface area contributed by atoms with Crippen LogP contribution in [-0.4, -0.2) is 52.9 Å². The van der Waals surface area contributed by atoms with Gasteiger partial charge >= 0.3 is 6.03 Å². The average Bonchev–Trinajstić information content (AvgIpc) is 3.07. The number of carbonyl (C=O) groups excluding carboxylic acids is 1. The van der Waals surface area contributed by atoms with E-state index in [0.717, 1.165) is 47.2 Å². The summed E-state index contributed by atoms with van der Waals surface area (Å²) in [5.41, 5.74) is 1.77. The molecule has 1 fully saturated rings. The topological polar surface area (TPSA) is 61.6 Å². The van der Waals surface area contributed by atoms with Crippen molar-refractivity contribution in [1.29, 1.82) is 0 Å². The number of amides is 2. The van der Waals surface area contributed by atoms with Crippen molar-refractivity contribution in [2.45, 2.75) is 30.8 Å². The van der Waals surface area contributed by atoms with E-state index in [1.807, 2.05) is 17.9 Å². The summed E-state index contributed by atoms with van der Waals surface area (Å²) in [7, 11) is 0. The molecule has 1 unspecified atom stereocenters. The molecule has 2 aliphatic heterocycles. The Morgan fingerprint density at radius 1 is 1.33 bits per heavy atom. The van der Waals surface area contributed by atoms with E-state index in [-0.39, 0.29) is 17.9 Å². The molecule has 2 amide bonds. The van der Waals surface area contributed by atoms with Crippen LogP contribution in [-0.2, 0) is 6.54 Å². The number of hydrogen-bond acceptors (Lipinski definition) is 5. The lowest BCUT2D eigenvalue weighted by Crippen LogP contribution is -2.52. The summed E-state index contributed by atoms with van der Waals surface area (Å²) in [6.07, 6.45) is 0.817. The van der Waals surface area contributed by atoms with Crippen LogP contribution in [0.25, 0.3) is 0 Å². The number of fused-ring (bicyclic) bond motifs is 1. The second-order valence-electron chi connectivity index (χ2n) is 7.02. The Morgan fingerprint density at radius 3 is 2.89 bits per heavy atom. The Labute approximate surface area is 162 Å². The molecule has 4 rings (SSSR count). The number of rotatable bonds is 3. The fourth-order valence-corrected chi connectivity index (χ4v) is 4.68. The number of nitrogens with one attached hydrogen (secondary N) is 1. The van der Waals surface area contributed by atoms with E-state index in [2.05, 4.69) is 15.4 Å². The maximum absolute atomic E-state index is 13.6. The van der Waals surface area contributed by atoms with Crippen LogP contribution in [0.4, 0.5) is 9.18 Å². The van der Waals surface area contributed by atoms with Gasteiger partial charge in [-0.2, -0.15) is 0 Å². The molecule has 0 radical (unpaired) electrons. The fraction of sp³-hybridized carbons (Fsp3) is 0.474. The van der Waals surface area contributed by atoms with Gasteiger partial charge in [-0.3, -0.25) is 4.90 Å². The van der Waals surface area contributed by atoms with Gasteiger partial charge in [0, 0.05) is 42.9 Å². The average molecular weight is 390 g/mol. The third-order valence-corrected chi connectivity index (χ3v) is 6.15. The summed E-state index contributed by atoms with van der Waals surface area (Å²) in [6.45, 7) is 5.52. The lowest BCUT2D eigenvalue weighted by Gasteiger charge is -2.35. The highest BCUT2D eigenvalue weighted by Gasteiger charge is 2.27. The van der Waals surface area contributed by atoms with E-state index in [4.69, 9.17) is 4.52 Å². The minimum Gasteiger partial charge on any atom is -0.360 e. The van der Waals surface area contributed by atoms with Crippen molar-refractivity contribution in [3.8, 4) is 0 Å². The molecule has 1 saturated heterocycles. The highest BCUT2D eigenvalue weighted by Crippen LogP contribution is 2.36. The van der Waals surface area contributed by atoms with Gasteiger partial charge in [0.25, 0.3) is 0 Å². The molecular weight excluding hydrogens is 367 g/mol. The third-order valence-electron chi connectivity index (χ3n) is 5.02. The van der Waals surface area contributed by atoms with Gasteiger partial charge in [0.15, 0.2) is 5.76 Å². The van der Waals surface area contributed by atoms with Gasteiger partial charge in [0.2, 0.25) is 0 Å². The summed E-state index contributed by atoms with van der Waals surface area (Å²) in [4.78, 5) is 17.8. The predicted molar refractivity (Wildman–Crippen MR) is 101 cm³/mol. The first-order valence-electron chi connectivity index (χ1n) is 9.21. The first-order chi connectivity index (χ1) is 13.1. The molecule has 1 atom stereocenters. The summed E-state index contributed by atoms with van der Waals surface area (Å²) < 4.78 is 18.9. The Balaban J connectivity index is 1.32. The smallest absolute Gasteiger partial charge is 0.317 e. The largest absolute Gasteiger partial charge is 0.360 e. The number of halogens is 1. The Kier molecular flexibility index (Phi) is 5.36. The van der Waals surface area contributed by atoms with Crippen molar-refractivity contribution < 1.29 is 13.7 Å². The maximum atomic E-state index is 13.6. The van der Waals surface area contributed by atoms with Gasteiger partial charge < -0.3 is 14.7 Å². The maximum Gasteiger partial charge on any atom is 0.317 e. The third kappa shape index (κ3) is 4.27. The molecule has 3 heterocycles. The van der Waals surface area contributed by atoms with E-state index >= 15 is 0 Å². The molecule has 27 heavy (non-hydrogen) atoms. The number of aryl methyl sites for hydroxylation is 1. The molecule has 0 spiro atoms. The van der Waals surface area contributed by atoms with E-state index in [1.54, 1.807) is 23.9 Å². The van der Waals surface area contributed by atoms with Gasteiger partial charge in [0.05, 0.1) is 18.3 Å². The lowest BCUT2D eigenvalue weighted by atomic mass is 10.0. The molecule has 1 aromatic heterocycles. The van der Waals surface area contributed by atoms with Gasteiger partial charge in [-0.25, -0.2) is 9.18 Å². The van der Waals surface area contributed by atoms with Crippen LogP contribution < -0.4 is 5.32 Å². The Hall–Kier alpha value is -2.06. The first kappa shape index (κ1) is 18.3. The van der Waals surface area contributed by atoms with Crippen molar-refractivity contribution in [2.24, 2.45) is 0 Å². The number of urea groups is 1. The number of piperazine rings is 1. The quantitative estimate of drug-likeness (QED) is 0.872. The molecule has 144 valence electrons. The van der Waals surface area contributed by atoms with Crippen LogP contribution in [0.5, 0.6) is 0 Å². The number of nitrogens with zero attached hydrogens (tertiary/aromatic N) is 3. The number of aromatic nitrogens is 1. The van der Waals surface area contributed by atoms with Gasteiger partial charge in [0.1, 0.15) is 5.82 Å². The van der Waals surface area contributed by atoms with Crippen LogP contribution in [0.3, 0.4) is 0 Å². The van der Waals surface area contributed by atoms with Crippen LogP contribution in [0.1, 0.15) is 29.5 Å². The Bertz CT molecular complexity index is 820. The highest BCUT2D eigenvalue weighted by molar-refractivity contribution is 7.99. The van der Waals surface area contributed by atoms with Crippen LogP contribution in [0, 0.1) is 12.7 Å². The van der Waals surface area contributed by atoms with Crippen molar-refractivity contribution >= 4 is 17.8 Å². The molecule has 0 aliphatic carbocycles. The number of hydrogen-bond donors (Lipinski definition) is 1. The van der Waals surface area contributed by atoms with Crippen LogP contribution in [0.15, 0.2) is 33.7 Å². The molecule has 8 heteroatoms. The molecule has 0 bridgehead atoms. The molecule has 1 N–H and O–H groups in total. The van der Waals surface area contributed by atoms with Gasteiger partial charge in [-0.15, -0.1) is 11.8 Å². The summed E-state index contributed by atoms with van der Waals surface area (Å²) >= 11 is 1.71. The lowest BCUT2D eigenvalue weighted by molar-refractivity contribution is 0.126. The van der Waals surface area contributed by atoms with Gasteiger partial charge in [-0.05, 0) is 37.1 Å². The van der Waals surface area contributed by atoms with Crippen LogP contribution >= 0.6 is 11.8 Å². The summed E-state index contributed by atoms with van der Waals surface area (Å²) in [6, 6.07) is 6.57. The highest BCUT2D eigenvalue weighted by atomic mass is 32.2.